The number of hydrogen-bond donors (Lipinski definition) is 3. The Morgan fingerprint density at radius 1 is 1.45 bits per heavy atom. The number of anilines is 1. The molecule has 4 nitrogen and oxygen atoms in total. The van der Waals surface area contributed by atoms with E-state index in [0.717, 1.165) is 30.8 Å². The number of ether oxygens (including phenoxy) is 1. The zero-order valence-electron chi connectivity index (χ0n) is 12.6. The average Bonchev–Trinajstić information content (AvgIpc) is 2.44. The first-order valence-electron chi connectivity index (χ1n) is 7.53. The van der Waals surface area contributed by atoms with Gasteiger partial charge in [-0.3, -0.25) is 0 Å². The van der Waals surface area contributed by atoms with Crippen LogP contribution in [0.3, 0.4) is 0 Å². The summed E-state index contributed by atoms with van der Waals surface area (Å²) in [5.74, 6) is 0.955. The average molecular weight is 278 g/mol. The van der Waals surface area contributed by atoms with Crippen molar-refractivity contribution in [2.75, 3.05) is 18.4 Å². The molecular weight excluding hydrogens is 252 g/mol. The maximum atomic E-state index is 9.28. The molecule has 4 heteroatoms. The highest BCUT2D eigenvalue weighted by Gasteiger charge is 2.18. The van der Waals surface area contributed by atoms with E-state index in [9.17, 15) is 5.11 Å². The number of fused-ring (bicyclic) bond motifs is 1. The third-order valence-electron chi connectivity index (χ3n) is 3.62. The zero-order valence-corrected chi connectivity index (χ0v) is 12.6. The van der Waals surface area contributed by atoms with Gasteiger partial charge >= 0.3 is 0 Å². The second-order valence-electron chi connectivity index (χ2n) is 5.72. The van der Waals surface area contributed by atoms with E-state index < -0.39 is 0 Å². The predicted octanol–water partition coefficient (Wildman–Crippen LogP) is 2.17. The Kier molecular flexibility index (Phi) is 5.26. The first-order valence-corrected chi connectivity index (χ1v) is 7.53. The van der Waals surface area contributed by atoms with E-state index in [2.05, 4.69) is 42.7 Å². The Morgan fingerprint density at radius 2 is 2.25 bits per heavy atom. The van der Waals surface area contributed by atoms with Crippen molar-refractivity contribution in [1.82, 2.24) is 5.32 Å². The SMILES string of the molecule is CCC1CNc2cc(CC(C)NCC(C)O)ccc2O1. The third-order valence-corrected chi connectivity index (χ3v) is 3.62. The van der Waals surface area contributed by atoms with E-state index in [1.807, 2.05) is 0 Å². The van der Waals surface area contributed by atoms with Gasteiger partial charge in [0.05, 0.1) is 18.3 Å². The van der Waals surface area contributed by atoms with Gasteiger partial charge in [0.1, 0.15) is 11.9 Å². The molecule has 0 spiro atoms. The van der Waals surface area contributed by atoms with Crippen molar-refractivity contribution < 1.29 is 9.84 Å². The number of rotatable bonds is 6. The maximum Gasteiger partial charge on any atom is 0.142 e. The monoisotopic (exact) mass is 278 g/mol. The fourth-order valence-corrected chi connectivity index (χ4v) is 2.42. The van der Waals surface area contributed by atoms with Gasteiger partial charge in [0.25, 0.3) is 0 Å². The molecule has 1 aromatic carbocycles. The van der Waals surface area contributed by atoms with Crippen LogP contribution in [0, 0.1) is 0 Å². The quantitative estimate of drug-likeness (QED) is 0.746. The Bertz CT molecular complexity index is 434. The topological polar surface area (TPSA) is 53.5 Å². The van der Waals surface area contributed by atoms with E-state index in [1.54, 1.807) is 6.92 Å². The number of nitrogens with one attached hydrogen (secondary N) is 2. The fraction of sp³-hybridized carbons (Fsp3) is 0.625. The van der Waals surface area contributed by atoms with Crippen LogP contribution < -0.4 is 15.4 Å². The minimum atomic E-state index is -0.304. The highest BCUT2D eigenvalue weighted by atomic mass is 16.5. The van der Waals surface area contributed by atoms with Crippen molar-refractivity contribution in [3.05, 3.63) is 23.8 Å². The Labute approximate surface area is 121 Å². The van der Waals surface area contributed by atoms with Crippen LogP contribution >= 0.6 is 0 Å². The van der Waals surface area contributed by atoms with Gasteiger partial charge in [-0.2, -0.15) is 0 Å². The first-order chi connectivity index (χ1) is 9.58. The zero-order chi connectivity index (χ0) is 14.5. The van der Waals surface area contributed by atoms with Gasteiger partial charge in [-0.1, -0.05) is 13.0 Å². The van der Waals surface area contributed by atoms with Gasteiger partial charge < -0.3 is 20.5 Å². The van der Waals surface area contributed by atoms with Crippen molar-refractivity contribution in [2.24, 2.45) is 0 Å². The summed E-state index contributed by atoms with van der Waals surface area (Å²) in [5.41, 5.74) is 2.37. The molecule has 0 aromatic heterocycles. The Balaban J connectivity index is 1.94. The lowest BCUT2D eigenvalue weighted by Gasteiger charge is -2.27. The molecule has 1 aliphatic rings. The number of hydrogen-bond acceptors (Lipinski definition) is 4. The number of benzene rings is 1. The largest absolute Gasteiger partial charge is 0.486 e. The van der Waals surface area contributed by atoms with Gasteiger partial charge in [-0.25, -0.2) is 0 Å². The van der Waals surface area contributed by atoms with Crippen LogP contribution in [0.5, 0.6) is 5.75 Å². The van der Waals surface area contributed by atoms with Crippen molar-refractivity contribution in [3.63, 3.8) is 0 Å². The van der Waals surface area contributed by atoms with E-state index in [1.165, 1.54) is 5.56 Å². The molecule has 0 fully saturated rings. The first kappa shape index (κ1) is 15.1. The molecule has 112 valence electrons. The molecule has 3 atom stereocenters. The molecule has 1 heterocycles. The molecule has 0 saturated heterocycles. The van der Waals surface area contributed by atoms with Gasteiger partial charge in [-0.05, 0) is 44.4 Å². The van der Waals surface area contributed by atoms with Crippen molar-refractivity contribution in [3.8, 4) is 5.75 Å². The van der Waals surface area contributed by atoms with E-state index >= 15 is 0 Å². The summed E-state index contributed by atoms with van der Waals surface area (Å²) in [4.78, 5) is 0. The van der Waals surface area contributed by atoms with Crippen LogP contribution in [0.4, 0.5) is 5.69 Å². The summed E-state index contributed by atoms with van der Waals surface area (Å²) in [5, 5.41) is 16.1. The van der Waals surface area contributed by atoms with Crippen LogP contribution in [0.1, 0.15) is 32.8 Å². The molecular formula is C16H26N2O2. The van der Waals surface area contributed by atoms with Crippen LogP contribution in [-0.2, 0) is 6.42 Å². The van der Waals surface area contributed by atoms with Gasteiger partial charge in [-0.15, -0.1) is 0 Å². The lowest BCUT2D eigenvalue weighted by Crippen LogP contribution is -2.34. The van der Waals surface area contributed by atoms with Crippen LogP contribution in [-0.4, -0.2) is 36.4 Å². The van der Waals surface area contributed by atoms with Crippen molar-refractivity contribution in [1.29, 1.82) is 0 Å². The molecule has 3 N–H and O–H groups in total. The van der Waals surface area contributed by atoms with Gasteiger partial charge in [0.2, 0.25) is 0 Å². The third kappa shape index (κ3) is 4.12. The normalized spacial score (nSPS) is 20.5. The Morgan fingerprint density at radius 3 is 2.95 bits per heavy atom. The maximum absolute atomic E-state index is 9.28. The summed E-state index contributed by atoms with van der Waals surface area (Å²) in [6.45, 7) is 7.58. The fourth-order valence-electron chi connectivity index (χ4n) is 2.42. The standard InChI is InChI=1S/C16H26N2O2/c1-4-14-10-18-15-8-13(5-6-16(15)20-14)7-11(2)17-9-12(3)19/h5-6,8,11-12,14,17-19H,4,7,9-10H2,1-3H3. The molecule has 2 rings (SSSR count). The lowest BCUT2D eigenvalue weighted by atomic mass is 10.0. The van der Waals surface area contributed by atoms with E-state index in [4.69, 9.17) is 4.74 Å². The van der Waals surface area contributed by atoms with Gasteiger partial charge in [0, 0.05) is 12.6 Å². The Hall–Kier alpha value is -1.26. The summed E-state index contributed by atoms with van der Waals surface area (Å²) >= 11 is 0. The highest BCUT2D eigenvalue weighted by molar-refractivity contribution is 5.59. The molecule has 1 aliphatic heterocycles. The van der Waals surface area contributed by atoms with Crippen LogP contribution in [0.25, 0.3) is 0 Å². The molecule has 0 bridgehead atoms. The minimum absolute atomic E-state index is 0.278. The van der Waals surface area contributed by atoms with Gasteiger partial charge in [0.15, 0.2) is 0 Å². The smallest absolute Gasteiger partial charge is 0.142 e. The summed E-state index contributed by atoms with van der Waals surface area (Å²) in [6.07, 6.45) is 1.94. The number of aliphatic hydroxyl groups excluding tert-OH is 1. The predicted molar refractivity (Wildman–Crippen MR) is 82.5 cm³/mol. The molecule has 0 aliphatic carbocycles. The summed E-state index contributed by atoms with van der Waals surface area (Å²) in [6, 6.07) is 6.69. The molecule has 20 heavy (non-hydrogen) atoms. The molecule has 1 aromatic rings. The van der Waals surface area contributed by atoms with E-state index in [0.29, 0.717) is 12.6 Å². The molecule has 0 radical (unpaired) electrons. The molecule has 0 amide bonds. The molecule has 3 unspecified atom stereocenters. The second kappa shape index (κ2) is 6.95. The summed E-state index contributed by atoms with van der Waals surface area (Å²) < 4.78 is 5.91. The van der Waals surface area contributed by atoms with Crippen LogP contribution in [0.2, 0.25) is 0 Å². The van der Waals surface area contributed by atoms with E-state index in [-0.39, 0.29) is 12.2 Å². The second-order valence-corrected chi connectivity index (χ2v) is 5.72. The minimum Gasteiger partial charge on any atom is -0.486 e. The molecule has 0 saturated carbocycles. The highest BCUT2D eigenvalue weighted by Crippen LogP contribution is 2.30. The number of aliphatic hydroxyl groups is 1. The lowest BCUT2D eigenvalue weighted by molar-refractivity contribution is 0.187. The van der Waals surface area contributed by atoms with Crippen molar-refractivity contribution >= 4 is 5.69 Å². The van der Waals surface area contributed by atoms with Crippen molar-refractivity contribution in [2.45, 2.75) is 51.9 Å². The summed E-state index contributed by atoms with van der Waals surface area (Å²) in [7, 11) is 0. The van der Waals surface area contributed by atoms with Crippen LogP contribution in [0.15, 0.2) is 18.2 Å².